The van der Waals surface area contributed by atoms with Crippen LogP contribution in [0.4, 0.5) is 5.82 Å². The van der Waals surface area contributed by atoms with Gasteiger partial charge >= 0.3 is 0 Å². The van der Waals surface area contributed by atoms with Crippen LogP contribution in [0.15, 0.2) is 6.20 Å². The smallest absolute Gasteiger partial charge is 0.225 e. The van der Waals surface area contributed by atoms with Crippen LogP contribution in [0.1, 0.15) is 46.1 Å². The lowest BCUT2D eigenvalue weighted by molar-refractivity contribution is -0.117. The lowest BCUT2D eigenvalue weighted by atomic mass is 9.84. The zero-order chi connectivity index (χ0) is 13.8. The standard InChI is InChI=1S/C13H20N4O/c1-9(6-13(2,3)4)5-11(18)16-12-10(7-14)8-15-17-12/h8-9H,5-6H2,1-4H3,(H2,15,16,17,18). The van der Waals surface area contributed by atoms with E-state index in [1.807, 2.05) is 6.07 Å². The SMILES string of the molecule is CC(CC(=O)Nc1[nH]ncc1C#N)CC(C)(C)C. The number of aromatic amines is 1. The van der Waals surface area contributed by atoms with Crippen LogP contribution in [0.25, 0.3) is 0 Å². The number of nitrogens with one attached hydrogen (secondary N) is 2. The van der Waals surface area contributed by atoms with Crippen LogP contribution >= 0.6 is 0 Å². The largest absolute Gasteiger partial charge is 0.310 e. The summed E-state index contributed by atoms with van der Waals surface area (Å²) in [4.78, 5) is 11.8. The summed E-state index contributed by atoms with van der Waals surface area (Å²) in [5.41, 5.74) is 0.567. The van der Waals surface area contributed by atoms with Crippen molar-refractivity contribution in [3.05, 3.63) is 11.8 Å². The van der Waals surface area contributed by atoms with E-state index in [1.54, 1.807) is 0 Å². The van der Waals surface area contributed by atoms with E-state index in [9.17, 15) is 4.79 Å². The summed E-state index contributed by atoms with van der Waals surface area (Å²) in [6, 6.07) is 1.96. The highest BCUT2D eigenvalue weighted by atomic mass is 16.1. The number of hydrogen-bond acceptors (Lipinski definition) is 3. The predicted molar refractivity (Wildman–Crippen MR) is 69.8 cm³/mol. The van der Waals surface area contributed by atoms with E-state index in [2.05, 4.69) is 43.2 Å². The maximum absolute atomic E-state index is 11.8. The lowest BCUT2D eigenvalue weighted by Crippen LogP contribution is -2.19. The molecule has 5 nitrogen and oxygen atoms in total. The zero-order valence-electron chi connectivity index (χ0n) is 11.4. The third kappa shape index (κ3) is 4.58. The molecule has 1 atom stereocenters. The number of nitriles is 1. The zero-order valence-corrected chi connectivity index (χ0v) is 11.4. The quantitative estimate of drug-likeness (QED) is 0.859. The van der Waals surface area contributed by atoms with Gasteiger partial charge < -0.3 is 5.32 Å². The van der Waals surface area contributed by atoms with Crippen LogP contribution in [0.2, 0.25) is 0 Å². The maximum Gasteiger partial charge on any atom is 0.225 e. The first kappa shape index (κ1) is 14.2. The van der Waals surface area contributed by atoms with Gasteiger partial charge in [-0.1, -0.05) is 27.7 Å². The van der Waals surface area contributed by atoms with Gasteiger partial charge in [-0.2, -0.15) is 10.4 Å². The minimum absolute atomic E-state index is 0.0903. The highest BCUT2D eigenvalue weighted by Crippen LogP contribution is 2.26. The molecule has 0 aliphatic rings. The molecule has 0 radical (unpaired) electrons. The van der Waals surface area contributed by atoms with Crippen molar-refractivity contribution in [3.8, 4) is 6.07 Å². The van der Waals surface area contributed by atoms with Crippen molar-refractivity contribution in [2.75, 3.05) is 5.32 Å². The van der Waals surface area contributed by atoms with Crippen molar-refractivity contribution in [1.82, 2.24) is 10.2 Å². The molecule has 2 N–H and O–H groups in total. The van der Waals surface area contributed by atoms with Crippen molar-refractivity contribution in [1.29, 1.82) is 5.26 Å². The number of hydrogen-bond donors (Lipinski definition) is 2. The van der Waals surface area contributed by atoms with Gasteiger partial charge in [0.1, 0.15) is 17.5 Å². The minimum Gasteiger partial charge on any atom is -0.310 e. The Bertz CT molecular complexity index is 450. The minimum atomic E-state index is -0.0903. The van der Waals surface area contributed by atoms with Gasteiger partial charge in [0.2, 0.25) is 5.91 Å². The molecule has 1 heterocycles. The summed E-state index contributed by atoms with van der Waals surface area (Å²) in [5.74, 6) is 0.594. The lowest BCUT2D eigenvalue weighted by Gasteiger charge is -2.22. The van der Waals surface area contributed by atoms with E-state index in [-0.39, 0.29) is 11.3 Å². The highest BCUT2D eigenvalue weighted by molar-refractivity contribution is 5.90. The molecule has 0 spiro atoms. The van der Waals surface area contributed by atoms with E-state index in [0.29, 0.717) is 23.7 Å². The van der Waals surface area contributed by atoms with Gasteiger partial charge in [-0.15, -0.1) is 0 Å². The van der Waals surface area contributed by atoms with Crippen molar-refractivity contribution in [2.45, 2.75) is 40.5 Å². The topological polar surface area (TPSA) is 81.6 Å². The summed E-state index contributed by atoms with van der Waals surface area (Å²) in [7, 11) is 0. The molecule has 0 aromatic carbocycles. The fraction of sp³-hybridized carbons (Fsp3) is 0.615. The highest BCUT2D eigenvalue weighted by Gasteiger charge is 2.18. The van der Waals surface area contributed by atoms with Gasteiger partial charge in [0.15, 0.2) is 0 Å². The molecule has 1 aromatic rings. The number of aromatic nitrogens is 2. The molecule has 0 bridgehead atoms. The van der Waals surface area contributed by atoms with Crippen molar-refractivity contribution < 1.29 is 4.79 Å². The molecule has 5 heteroatoms. The second kappa shape index (κ2) is 5.67. The van der Waals surface area contributed by atoms with Gasteiger partial charge in [-0.05, 0) is 17.8 Å². The normalized spacial score (nSPS) is 12.8. The maximum atomic E-state index is 11.8. The first-order valence-electron chi connectivity index (χ1n) is 6.05. The molecule has 1 amide bonds. The summed E-state index contributed by atoms with van der Waals surface area (Å²) < 4.78 is 0. The van der Waals surface area contributed by atoms with E-state index < -0.39 is 0 Å². The van der Waals surface area contributed by atoms with Crippen molar-refractivity contribution in [3.63, 3.8) is 0 Å². The second-order valence-corrected chi connectivity index (χ2v) is 5.89. The summed E-state index contributed by atoms with van der Waals surface area (Å²) in [5, 5.41) is 17.8. The molecular formula is C13H20N4O. The number of rotatable bonds is 4. The Balaban J connectivity index is 2.50. The van der Waals surface area contributed by atoms with Gasteiger partial charge in [0, 0.05) is 6.42 Å². The Labute approximate surface area is 108 Å². The van der Waals surface area contributed by atoms with Crippen LogP contribution in [-0.2, 0) is 4.79 Å². The van der Waals surface area contributed by atoms with E-state index >= 15 is 0 Å². The molecule has 0 aliphatic heterocycles. The molecule has 0 saturated carbocycles. The van der Waals surface area contributed by atoms with Crippen LogP contribution in [-0.4, -0.2) is 16.1 Å². The second-order valence-electron chi connectivity index (χ2n) is 5.89. The predicted octanol–water partition coefficient (Wildman–Crippen LogP) is 2.68. The van der Waals surface area contributed by atoms with E-state index in [4.69, 9.17) is 5.26 Å². The number of carbonyl (C=O) groups is 1. The Morgan fingerprint density at radius 1 is 1.61 bits per heavy atom. The Morgan fingerprint density at radius 2 is 2.28 bits per heavy atom. The molecular weight excluding hydrogens is 228 g/mol. The third-order valence-electron chi connectivity index (χ3n) is 2.52. The van der Waals surface area contributed by atoms with E-state index in [0.717, 1.165) is 6.42 Å². The van der Waals surface area contributed by atoms with E-state index in [1.165, 1.54) is 6.20 Å². The molecule has 1 unspecified atom stereocenters. The van der Waals surface area contributed by atoms with Crippen LogP contribution in [0, 0.1) is 22.7 Å². The average Bonchev–Trinajstić information content (AvgIpc) is 2.61. The van der Waals surface area contributed by atoms with Crippen LogP contribution in [0.3, 0.4) is 0 Å². The molecule has 18 heavy (non-hydrogen) atoms. The third-order valence-corrected chi connectivity index (χ3v) is 2.52. The molecule has 1 aromatic heterocycles. The fourth-order valence-corrected chi connectivity index (χ4v) is 2.09. The summed E-state index contributed by atoms with van der Waals surface area (Å²) in [6.45, 7) is 8.53. The number of carbonyl (C=O) groups excluding carboxylic acids is 1. The molecule has 0 saturated heterocycles. The molecule has 0 fully saturated rings. The fourth-order valence-electron chi connectivity index (χ4n) is 2.09. The van der Waals surface area contributed by atoms with Gasteiger partial charge in [-0.25, -0.2) is 0 Å². The monoisotopic (exact) mass is 248 g/mol. The number of nitrogens with zero attached hydrogens (tertiary/aromatic N) is 2. The number of anilines is 1. The van der Waals surface area contributed by atoms with Gasteiger partial charge in [-0.3, -0.25) is 9.89 Å². The first-order chi connectivity index (χ1) is 8.31. The summed E-state index contributed by atoms with van der Waals surface area (Å²) in [6.07, 6.45) is 2.82. The van der Waals surface area contributed by atoms with Crippen molar-refractivity contribution in [2.24, 2.45) is 11.3 Å². The molecule has 98 valence electrons. The Morgan fingerprint density at radius 3 is 2.83 bits per heavy atom. The number of H-pyrrole nitrogens is 1. The Hall–Kier alpha value is -1.83. The molecule has 0 aliphatic carbocycles. The summed E-state index contributed by atoms with van der Waals surface area (Å²) >= 11 is 0. The first-order valence-corrected chi connectivity index (χ1v) is 6.05. The van der Waals surface area contributed by atoms with Crippen LogP contribution < -0.4 is 5.32 Å². The average molecular weight is 248 g/mol. The van der Waals surface area contributed by atoms with Gasteiger partial charge in [0.25, 0.3) is 0 Å². The van der Waals surface area contributed by atoms with Crippen LogP contribution in [0.5, 0.6) is 0 Å². The Kier molecular flexibility index (Phi) is 4.49. The number of amides is 1. The molecule has 1 rings (SSSR count). The van der Waals surface area contributed by atoms with Gasteiger partial charge in [0.05, 0.1) is 6.20 Å². The van der Waals surface area contributed by atoms with Crippen molar-refractivity contribution >= 4 is 11.7 Å².